The lowest BCUT2D eigenvalue weighted by Crippen LogP contribution is -2.46. The molecule has 1 rings (SSSR count). The van der Waals surface area contributed by atoms with E-state index in [0.29, 0.717) is 0 Å². The zero-order chi connectivity index (χ0) is 12.1. The lowest BCUT2D eigenvalue weighted by molar-refractivity contribution is -0.140. The Kier molecular flexibility index (Phi) is 5.06. The zero-order valence-electron chi connectivity index (χ0n) is 9.62. The molecule has 0 aromatic heterocycles. The molecule has 0 bridgehead atoms. The van der Waals surface area contributed by atoms with Crippen molar-refractivity contribution in [3.63, 3.8) is 0 Å². The highest BCUT2D eigenvalue weighted by Gasteiger charge is 2.29. The van der Waals surface area contributed by atoms with Crippen LogP contribution in [-0.2, 0) is 9.59 Å². The summed E-state index contributed by atoms with van der Waals surface area (Å²) in [7, 11) is 0. The minimum absolute atomic E-state index is 0.0186. The van der Waals surface area contributed by atoms with Crippen molar-refractivity contribution < 1.29 is 9.59 Å². The topological polar surface area (TPSA) is 63.4 Å². The number of carbonyl (C=O) groups excluding carboxylic acids is 2. The number of amides is 2. The highest BCUT2D eigenvalue weighted by Crippen LogP contribution is 2.24. The van der Waals surface area contributed by atoms with E-state index in [-0.39, 0.29) is 30.3 Å². The second-order valence-corrected chi connectivity index (χ2v) is 4.73. The molecular formula is C11H19ClN2O2. The normalized spacial score (nSPS) is 18.4. The van der Waals surface area contributed by atoms with Gasteiger partial charge in [0.05, 0.1) is 6.54 Å². The smallest absolute Gasteiger partial charge is 0.237 e. The Morgan fingerprint density at radius 2 is 2.00 bits per heavy atom. The van der Waals surface area contributed by atoms with Gasteiger partial charge in [-0.2, -0.15) is 0 Å². The summed E-state index contributed by atoms with van der Waals surface area (Å²) in [5.74, 6) is -0.481. The molecule has 0 aromatic carbocycles. The minimum Gasteiger partial charge on any atom is -0.368 e. The van der Waals surface area contributed by atoms with Crippen molar-refractivity contribution in [3.8, 4) is 0 Å². The van der Waals surface area contributed by atoms with Crippen LogP contribution < -0.4 is 5.73 Å². The van der Waals surface area contributed by atoms with Crippen molar-refractivity contribution >= 4 is 23.4 Å². The maximum absolute atomic E-state index is 12.0. The van der Waals surface area contributed by atoms with Gasteiger partial charge in [-0.15, -0.1) is 11.6 Å². The molecule has 1 aliphatic carbocycles. The lowest BCUT2D eigenvalue weighted by atomic mass is 10.1. The fraction of sp³-hybridized carbons (Fsp3) is 0.818. The quantitative estimate of drug-likeness (QED) is 0.739. The summed E-state index contributed by atoms with van der Waals surface area (Å²) in [6, 6.07) is 0.172. The molecule has 1 unspecified atom stereocenters. The number of hydrogen-bond acceptors (Lipinski definition) is 2. The third kappa shape index (κ3) is 3.37. The van der Waals surface area contributed by atoms with Gasteiger partial charge in [0.1, 0.15) is 0 Å². The average molecular weight is 247 g/mol. The summed E-state index contributed by atoms with van der Waals surface area (Å²) in [5.41, 5.74) is 5.17. The van der Waals surface area contributed by atoms with Gasteiger partial charge in [-0.1, -0.05) is 19.8 Å². The van der Waals surface area contributed by atoms with Gasteiger partial charge in [0.15, 0.2) is 0 Å². The second kappa shape index (κ2) is 6.09. The number of nitrogens with two attached hydrogens (primary N) is 1. The Bertz CT molecular complexity index is 265. The van der Waals surface area contributed by atoms with E-state index in [1.165, 1.54) is 0 Å². The molecule has 0 saturated heterocycles. The van der Waals surface area contributed by atoms with Crippen molar-refractivity contribution in [1.82, 2.24) is 4.90 Å². The fourth-order valence-corrected chi connectivity index (χ4v) is 2.25. The SMILES string of the molecule is CC(CCl)C(=O)N(CC(N)=O)C1CCCC1. The van der Waals surface area contributed by atoms with Gasteiger partial charge in [0.25, 0.3) is 0 Å². The van der Waals surface area contributed by atoms with Crippen molar-refractivity contribution in [2.75, 3.05) is 12.4 Å². The molecule has 1 atom stereocenters. The molecule has 0 heterocycles. The standard InChI is InChI=1S/C11H19ClN2O2/c1-8(6-12)11(16)14(7-10(13)15)9-4-2-3-5-9/h8-9H,2-7H2,1H3,(H2,13,15). The van der Waals surface area contributed by atoms with E-state index in [9.17, 15) is 9.59 Å². The lowest BCUT2D eigenvalue weighted by Gasteiger charge is -2.29. The van der Waals surface area contributed by atoms with E-state index in [1.807, 2.05) is 0 Å². The summed E-state index contributed by atoms with van der Waals surface area (Å²) < 4.78 is 0. The Hall–Kier alpha value is -0.770. The van der Waals surface area contributed by atoms with Crippen LogP contribution >= 0.6 is 11.6 Å². The summed E-state index contributed by atoms with van der Waals surface area (Å²) in [5, 5.41) is 0. The number of halogens is 1. The van der Waals surface area contributed by atoms with Gasteiger partial charge in [0, 0.05) is 17.8 Å². The molecular weight excluding hydrogens is 228 g/mol. The Morgan fingerprint density at radius 1 is 1.44 bits per heavy atom. The first-order valence-corrected chi connectivity index (χ1v) is 6.24. The maximum atomic E-state index is 12.0. The average Bonchev–Trinajstić information content (AvgIpc) is 2.76. The molecule has 2 amide bonds. The molecule has 1 fully saturated rings. The van der Waals surface area contributed by atoms with Crippen LogP contribution in [0.5, 0.6) is 0 Å². The number of nitrogens with zero attached hydrogens (tertiary/aromatic N) is 1. The molecule has 1 saturated carbocycles. The Labute approximate surface area is 101 Å². The number of carbonyl (C=O) groups is 2. The van der Waals surface area contributed by atoms with E-state index in [4.69, 9.17) is 17.3 Å². The van der Waals surface area contributed by atoms with Crippen molar-refractivity contribution in [3.05, 3.63) is 0 Å². The van der Waals surface area contributed by atoms with E-state index in [2.05, 4.69) is 0 Å². The minimum atomic E-state index is -0.456. The van der Waals surface area contributed by atoms with Gasteiger partial charge in [-0.05, 0) is 12.8 Å². The predicted molar refractivity (Wildman–Crippen MR) is 63.0 cm³/mol. The monoisotopic (exact) mass is 246 g/mol. The Balaban J connectivity index is 2.69. The van der Waals surface area contributed by atoms with Crippen LogP contribution in [0.3, 0.4) is 0 Å². The number of primary amides is 1. The van der Waals surface area contributed by atoms with Gasteiger partial charge in [-0.25, -0.2) is 0 Å². The molecule has 4 nitrogen and oxygen atoms in total. The van der Waals surface area contributed by atoms with E-state index in [1.54, 1.807) is 11.8 Å². The van der Waals surface area contributed by atoms with Crippen molar-refractivity contribution in [2.45, 2.75) is 38.6 Å². The number of rotatable bonds is 5. The summed E-state index contributed by atoms with van der Waals surface area (Å²) in [6.45, 7) is 1.79. The molecule has 0 radical (unpaired) electrons. The molecule has 1 aliphatic rings. The van der Waals surface area contributed by atoms with Crippen LogP contribution in [0.4, 0.5) is 0 Å². The second-order valence-electron chi connectivity index (χ2n) is 4.43. The molecule has 0 aliphatic heterocycles. The first kappa shape index (κ1) is 13.3. The number of alkyl halides is 1. The summed E-state index contributed by atoms with van der Waals surface area (Å²) >= 11 is 5.67. The van der Waals surface area contributed by atoms with Crippen LogP contribution in [0.1, 0.15) is 32.6 Å². The van der Waals surface area contributed by atoms with E-state index < -0.39 is 5.91 Å². The fourth-order valence-electron chi connectivity index (χ4n) is 2.12. The van der Waals surface area contributed by atoms with Crippen LogP contribution in [0.25, 0.3) is 0 Å². The largest absolute Gasteiger partial charge is 0.368 e. The first-order valence-electron chi connectivity index (χ1n) is 5.71. The summed E-state index contributed by atoms with van der Waals surface area (Å²) in [4.78, 5) is 24.6. The molecule has 2 N–H and O–H groups in total. The van der Waals surface area contributed by atoms with E-state index in [0.717, 1.165) is 25.7 Å². The van der Waals surface area contributed by atoms with Gasteiger partial charge >= 0.3 is 0 Å². The Morgan fingerprint density at radius 3 is 2.44 bits per heavy atom. The summed E-state index contributed by atoms with van der Waals surface area (Å²) in [6.07, 6.45) is 4.16. The van der Waals surface area contributed by atoms with Crippen LogP contribution in [0, 0.1) is 5.92 Å². The van der Waals surface area contributed by atoms with Gasteiger partial charge < -0.3 is 10.6 Å². The third-order valence-corrected chi connectivity index (χ3v) is 3.49. The number of hydrogen-bond donors (Lipinski definition) is 1. The van der Waals surface area contributed by atoms with Crippen LogP contribution in [0.15, 0.2) is 0 Å². The molecule has 92 valence electrons. The van der Waals surface area contributed by atoms with Crippen molar-refractivity contribution in [1.29, 1.82) is 0 Å². The predicted octanol–water partition coefficient (Wildman–Crippen LogP) is 1.12. The van der Waals surface area contributed by atoms with E-state index >= 15 is 0 Å². The van der Waals surface area contributed by atoms with Crippen molar-refractivity contribution in [2.24, 2.45) is 11.7 Å². The van der Waals surface area contributed by atoms with Gasteiger partial charge in [-0.3, -0.25) is 9.59 Å². The molecule has 0 spiro atoms. The van der Waals surface area contributed by atoms with Crippen LogP contribution in [0.2, 0.25) is 0 Å². The highest BCUT2D eigenvalue weighted by molar-refractivity contribution is 6.19. The molecule has 16 heavy (non-hydrogen) atoms. The molecule has 0 aromatic rings. The molecule has 5 heteroatoms. The van der Waals surface area contributed by atoms with Gasteiger partial charge in [0.2, 0.25) is 11.8 Å². The highest BCUT2D eigenvalue weighted by atomic mass is 35.5. The van der Waals surface area contributed by atoms with Crippen LogP contribution in [-0.4, -0.2) is 35.2 Å². The zero-order valence-corrected chi connectivity index (χ0v) is 10.4. The third-order valence-electron chi connectivity index (χ3n) is 3.03. The first-order chi connectivity index (χ1) is 7.56. The maximum Gasteiger partial charge on any atom is 0.237 e.